The smallest absolute Gasteiger partial charge is 0.0871 e. The van der Waals surface area contributed by atoms with Crippen LogP contribution in [0.1, 0.15) is 46.5 Å². The molecule has 0 heterocycles. The lowest BCUT2D eigenvalue weighted by Crippen LogP contribution is -2.40. The average molecular weight is 242 g/mol. The highest BCUT2D eigenvalue weighted by atomic mass is 16.3. The van der Waals surface area contributed by atoms with Crippen molar-refractivity contribution < 1.29 is 10.2 Å². The maximum Gasteiger partial charge on any atom is 0.0871 e. The molecular weight excluding hydrogens is 216 g/mol. The van der Waals surface area contributed by atoms with Crippen LogP contribution in [0.5, 0.6) is 0 Å². The molecule has 0 aromatic rings. The fourth-order valence-corrected chi connectivity index (χ4v) is 2.66. The summed E-state index contributed by atoms with van der Waals surface area (Å²) in [5, 5.41) is 20.5. The summed E-state index contributed by atoms with van der Waals surface area (Å²) in [7, 11) is 0. The molecule has 1 atom stereocenters. The molecule has 1 aliphatic rings. The summed E-state index contributed by atoms with van der Waals surface area (Å²) >= 11 is 0. The topological polar surface area (TPSA) is 78.5 Å². The van der Waals surface area contributed by atoms with Crippen molar-refractivity contribution in [2.45, 2.75) is 58.2 Å². The second-order valence-electron chi connectivity index (χ2n) is 5.60. The summed E-state index contributed by atoms with van der Waals surface area (Å²) in [5.74, 6) is 5.83. The van der Waals surface area contributed by atoms with Gasteiger partial charge in [0.1, 0.15) is 0 Å². The van der Waals surface area contributed by atoms with Gasteiger partial charge in [0.15, 0.2) is 0 Å². The molecule has 17 heavy (non-hydrogen) atoms. The Morgan fingerprint density at radius 1 is 1.41 bits per heavy atom. The molecule has 1 fully saturated rings. The van der Waals surface area contributed by atoms with Gasteiger partial charge in [0.25, 0.3) is 0 Å². The van der Waals surface area contributed by atoms with Crippen LogP contribution in [0.4, 0.5) is 0 Å². The first-order chi connectivity index (χ1) is 7.90. The van der Waals surface area contributed by atoms with Gasteiger partial charge >= 0.3 is 0 Å². The predicted octanol–water partition coefficient (Wildman–Crippen LogP) is 1.29. The van der Waals surface area contributed by atoms with E-state index in [-0.39, 0.29) is 12.0 Å². The van der Waals surface area contributed by atoms with Gasteiger partial charge in [0, 0.05) is 6.20 Å². The molecule has 4 heteroatoms. The maximum absolute atomic E-state index is 10.5. The SMILES string of the molecule is C/C(=C\NN)C1(O)CCC(C(O)C(C)C)CC1. The lowest BCUT2D eigenvalue weighted by molar-refractivity contribution is -0.0193. The van der Waals surface area contributed by atoms with Crippen LogP contribution in [0.15, 0.2) is 11.8 Å². The highest BCUT2D eigenvalue weighted by Gasteiger charge is 2.37. The number of nitrogens with two attached hydrogens (primary N) is 1. The lowest BCUT2D eigenvalue weighted by atomic mass is 9.72. The van der Waals surface area contributed by atoms with E-state index in [0.717, 1.165) is 18.4 Å². The van der Waals surface area contributed by atoms with E-state index in [1.165, 1.54) is 0 Å². The number of hydrogen-bond donors (Lipinski definition) is 4. The van der Waals surface area contributed by atoms with Crippen molar-refractivity contribution in [2.24, 2.45) is 17.7 Å². The molecule has 1 aliphatic carbocycles. The first kappa shape index (κ1) is 14.5. The molecule has 0 aromatic heterocycles. The van der Waals surface area contributed by atoms with Crippen LogP contribution >= 0.6 is 0 Å². The van der Waals surface area contributed by atoms with Crippen LogP contribution in [-0.2, 0) is 0 Å². The number of rotatable bonds is 4. The molecule has 1 unspecified atom stereocenters. The minimum absolute atomic E-state index is 0.253. The zero-order chi connectivity index (χ0) is 13.1. The Hall–Kier alpha value is -0.580. The van der Waals surface area contributed by atoms with Gasteiger partial charge in [-0.2, -0.15) is 0 Å². The molecule has 1 saturated carbocycles. The molecule has 5 N–H and O–H groups in total. The van der Waals surface area contributed by atoms with E-state index in [0.29, 0.717) is 18.8 Å². The fraction of sp³-hybridized carbons (Fsp3) is 0.846. The van der Waals surface area contributed by atoms with E-state index in [1.807, 2.05) is 20.8 Å². The van der Waals surface area contributed by atoms with Crippen molar-refractivity contribution in [3.05, 3.63) is 11.8 Å². The molecular formula is C13H26N2O2. The van der Waals surface area contributed by atoms with E-state index in [9.17, 15) is 10.2 Å². The Bertz CT molecular complexity index is 269. The normalized spacial score (nSPS) is 32.6. The number of hydrazine groups is 1. The molecule has 0 amide bonds. The summed E-state index contributed by atoms with van der Waals surface area (Å²) in [6, 6.07) is 0. The third-order valence-corrected chi connectivity index (χ3v) is 4.06. The second-order valence-corrected chi connectivity index (χ2v) is 5.60. The van der Waals surface area contributed by atoms with Gasteiger partial charge in [-0.25, -0.2) is 0 Å². The van der Waals surface area contributed by atoms with Crippen LogP contribution in [0.25, 0.3) is 0 Å². The largest absolute Gasteiger partial charge is 0.393 e. The van der Waals surface area contributed by atoms with Gasteiger partial charge < -0.3 is 15.6 Å². The van der Waals surface area contributed by atoms with Gasteiger partial charge in [-0.05, 0) is 50.0 Å². The second kappa shape index (κ2) is 5.85. The van der Waals surface area contributed by atoms with E-state index < -0.39 is 5.60 Å². The summed E-state index contributed by atoms with van der Waals surface area (Å²) in [5.41, 5.74) is 2.59. The summed E-state index contributed by atoms with van der Waals surface area (Å²) in [6.07, 6.45) is 4.53. The van der Waals surface area contributed by atoms with Crippen LogP contribution in [0, 0.1) is 11.8 Å². The van der Waals surface area contributed by atoms with Gasteiger partial charge in [-0.15, -0.1) is 0 Å². The van der Waals surface area contributed by atoms with Crippen molar-refractivity contribution in [3.63, 3.8) is 0 Å². The number of aliphatic hydroxyl groups excluding tert-OH is 1. The van der Waals surface area contributed by atoms with Crippen molar-refractivity contribution in [3.8, 4) is 0 Å². The quantitative estimate of drug-likeness (QED) is 0.442. The fourth-order valence-electron chi connectivity index (χ4n) is 2.66. The number of nitrogens with one attached hydrogen (secondary N) is 1. The predicted molar refractivity (Wildman–Crippen MR) is 68.8 cm³/mol. The standard InChI is InChI=1S/C13H26N2O2/c1-9(2)12(16)11-4-6-13(17,7-5-11)10(3)8-15-14/h8-9,11-12,15-17H,4-7,14H2,1-3H3/b10-8+. The van der Waals surface area contributed by atoms with Crippen LogP contribution in [0.2, 0.25) is 0 Å². The van der Waals surface area contributed by atoms with Crippen molar-refractivity contribution in [2.75, 3.05) is 0 Å². The Balaban J connectivity index is 2.58. The van der Waals surface area contributed by atoms with Crippen LogP contribution < -0.4 is 11.3 Å². The van der Waals surface area contributed by atoms with Gasteiger partial charge in [0.05, 0.1) is 11.7 Å². The molecule has 1 rings (SSSR count). The van der Waals surface area contributed by atoms with Gasteiger partial charge in [0.2, 0.25) is 0 Å². The Labute approximate surface area is 104 Å². The van der Waals surface area contributed by atoms with E-state index in [2.05, 4.69) is 5.43 Å². The molecule has 0 saturated heterocycles. The van der Waals surface area contributed by atoms with Crippen molar-refractivity contribution >= 4 is 0 Å². The zero-order valence-electron chi connectivity index (χ0n) is 11.1. The Morgan fingerprint density at radius 2 is 1.94 bits per heavy atom. The summed E-state index contributed by atoms with van der Waals surface area (Å²) in [6.45, 7) is 5.96. The molecule has 0 aromatic carbocycles. The van der Waals surface area contributed by atoms with Crippen LogP contribution in [-0.4, -0.2) is 21.9 Å². The first-order valence-corrected chi connectivity index (χ1v) is 6.44. The third kappa shape index (κ3) is 3.44. The van der Waals surface area contributed by atoms with E-state index >= 15 is 0 Å². The minimum Gasteiger partial charge on any atom is -0.393 e. The van der Waals surface area contributed by atoms with Gasteiger partial charge in [-0.1, -0.05) is 13.8 Å². The molecule has 0 radical (unpaired) electrons. The third-order valence-electron chi connectivity index (χ3n) is 4.06. The zero-order valence-corrected chi connectivity index (χ0v) is 11.1. The molecule has 0 aliphatic heterocycles. The maximum atomic E-state index is 10.5. The average Bonchev–Trinajstić information content (AvgIpc) is 2.29. The number of hydrogen-bond acceptors (Lipinski definition) is 4. The monoisotopic (exact) mass is 242 g/mol. The molecule has 0 bridgehead atoms. The number of aliphatic hydroxyl groups is 2. The summed E-state index contributed by atoms with van der Waals surface area (Å²) in [4.78, 5) is 0. The lowest BCUT2D eigenvalue weighted by Gasteiger charge is -2.39. The Morgan fingerprint density at radius 3 is 2.35 bits per heavy atom. The molecule has 100 valence electrons. The van der Waals surface area contributed by atoms with E-state index in [4.69, 9.17) is 5.84 Å². The van der Waals surface area contributed by atoms with Crippen molar-refractivity contribution in [1.29, 1.82) is 0 Å². The van der Waals surface area contributed by atoms with Crippen molar-refractivity contribution in [1.82, 2.24) is 5.43 Å². The molecule has 4 nitrogen and oxygen atoms in total. The van der Waals surface area contributed by atoms with Crippen LogP contribution in [0.3, 0.4) is 0 Å². The molecule has 0 spiro atoms. The minimum atomic E-state index is -0.750. The highest BCUT2D eigenvalue weighted by Crippen LogP contribution is 2.38. The first-order valence-electron chi connectivity index (χ1n) is 6.44. The highest BCUT2D eigenvalue weighted by molar-refractivity contribution is 5.14. The summed E-state index contributed by atoms with van der Waals surface area (Å²) < 4.78 is 0. The van der Waals surface area contributed by atoms with E-state index in [1.54, 1.807) is 6.20 Å². The Kier molecular flexibility index (Phi) is 4.98. The van der Waals surface area contributed by atoms with Gasteiger partial charge in [-0.3, -0.25) is 5.84 Å².